The fourth-order valence-electron chi connectivity index (χ4n) is 3.23. The lowest BCUT2D eigenvalue weighted by molar-refractivity contribution is -0.131. The standard InChI is InChI=1S/C16H21NO4/c1-2-20-6-7-21-15-9-12-10(8-14(15)19)16-11(17-12)4-3-5-13(16)18/h15,17H,2-9H2,1H3. The molecule has 0 aliphatic heterocycles. The van der Waals surface area contributed by atoms with Gasteiger partial charge in [0.1, 0.15) is 6.10 Å². The molecule has 0 fully saturated rings. The zero-order valence-corrected chi connectivity index (χ0v) is 12.4. The van der Waals surface area contributed by atoms with Gasteiger partial charge in [0.05, 0.1) is 13.2 Å². The molecule has 1 aromatic rings. The number of hydrogen-bond donors (Lipinski definition) is 1. The number of fused-ring (bicyclic) bond motifs is 3. The molecule has 1 unspecified atom stereocenters. The van der Waals surface area contributed by atoms with E-state index >= 15 is 0 Å². The molecule has 0 spiro atoms. The van der Waals surface area contributed by atoms with Crippen LogP contribution in [0.4, 0.5) is 0 Å². The van der Waals surface area contributed by atoms with Crippen LogP contribution in [0.25, 0.3) is 0 Å². The smallest absolute Gasteiger partial charge is 0.166 e. The number of ether oxygens (including phenoxy) is 2. The lowest BCUT2D eigenvalue weighted by Gasteiger charge is -2.22. The normalized spacial score (nSPS) is 21.3. The predicted molar refractivity (Wildman–Crippen MR) is 76.7 cm³/mol. The molecule has 0 saturated heterocycles. The number of aromatic amines is 1. The van der Waals surface area contributed by atoms with Gasteiger partial charge in [-0.2, -0.15) is 0 Å². The SMILES string of the molecule is CCOCCOC1Cc2[nH]c3c(c2CC1=O)C(=O)CCC3. The van der Waals surface area contributed by atoms with Crippen LogP contribution in [0.3, 0.4) is 0 Å². The van der Waals surface area contributed by atoms with Gasteiger partial charge in [-0.3, -0.25) is 9.59 Å². The molecule has 5 heteroatoms. The third-order valence-corrected chi connectivity index (χ3v) is 4.23. The first kappa shape index (κ1) is 14.5. The number of aromatic nitrogens is 1. The van der Waals surface area contributed by atoms with Crippen molar-refractivity contribution in [3.05, 3.63) is 22.5 Å². The second-order valence-corrected chi connectivity index (χ2v) is 5.62. The van der Waals surface area contributed by atoms with Crippen LogP contribution in [0, 0.1) is 0 Å². The maximum absolute atomic E-state index is 12.2. The Morgan fingerprint density at radius 3 is 2.86 bits per heavy atom. The van der Waals surface area contributed by atoms with E-state index in [0.29, 0.717) is 39.1 Å². The highest BCUT2D eigenvalue weighted by molar-refractivity contribution is 6.02. The lowest BCUT2D eigenvalue weighted by atomic mass is 9.87. The van der Waals surface area contributed by atoms with Crippen LogP contribution in [0.15, 0.2) is 0 Å². The van der Waals surface area contributed by atoms with E-state index in [9.17, 15) is 9.59 Å². The highest BCUT2D eigenvalue weighted by Gasteiger charge is 2.34. The number of Topliss-reactive ketones (excluding diaryl/α,β-unsaturated/α-hetero) is 2. The molecule has 0 bridgehead atoms. The molecule has 1 heterocycles. The van der Waals surface area contributed by atoms with E-state index in [2.05, 4.69) is 4.98 Å². The molecule has 0 aromatic carbocycles. The monoisotopic (exact) mass is 291 g/mol. The van der Waals surface area contributed by atoms with Gasteiger partial charge in [0, 0.05) is 42.8 Å². The highest BCUT2D eigenvalue weighted by atomic mass is 16.5. The zero-order chi connectivity index (χ0) is 14.8. The van der Waals surface area contributed by atoms with Gasteiger partial charge in [0.15, 0.2) is 11.6 Å². The maximum Gasteiger partial charge on any atom is 0.166 e. The van der Waals surface area contributed by atoms with E-state index in [0.717, 1.165) is 35.4 Å². The van der Waals surface area contributed by atoms with Crippen molar-refractivity contribution in [2.75, 3.05) is 19.8 Å². The fraction of sp³-hybridized carbons (Fsp3) is 0.625. The van der Waals surface area contributed by atoms with Gasteiger partial charge >= 0.3 is 0 Å². The molecular formula is C16H21NO4. The Kier molecular flexibility index (Phi) is 4.22. The molecule has 114 valence electrons. The molecule has 5 nitrogen and oxygen atoms in total. The van der Waals surface area contributed by atoms with E-state index in [-0.39, 0.29) is 11.6 Å². The van der Waals surface area contributed by atoms with Gasteiger partial charge in [0.2, 0.25) is 0 Å². The minimum Gasteiger partial charge on any atom is -0.379 e. The molecular weight excluding hydrogens is 270 g/mol. The number of nitrogens with one attached hydrogen (secondary N) is 1. The topological polar surface area (TPSA) is 68.4 Å². The Morgan fingerprint density at radius 1 is 1.19 bits per heavy atom. The minimum atomic E-state index is -0.409. The van der Waals surface area contributed by atoms with Crippen LogP contribution in [0.1, 0.15) is 47.1 Å². The van der Waals surface area contributed by atoms with E-state index in [4.69, 9.17) is 9.47 Å². The van der Waals surface area contributed by atoms with Gasteiger partial charge in [-0.15, -0.1) is 0 Å². The summed E-state index contributed by atoms with van der Waals surface area (Å²) in [6, 6.07) is 0. The fourth-order valence-corrected chi connectivity index (χ4v) is 3.23. The number of aryl methyl sites for hydroxylation is 1. The van der Waals surface area contributed by atoms with Crippen molar-refractivity contribution in [2.45, 2.75) is 45.1 Å². The Bertz CT molecular complexity index is 561. The average Bonchev–Trinajstić information content (AvgIpc) is 2.82. The van der Waals surface area contributed by atoms with Gasteiger partial charge in [-0.25, -0.2) is 0 Å². The molecule has 1 aromatic heterocycles. The molecule has 2 aliphatic rings. The zero-order valence-electron chi connectivity index (χ0n) is 12.4. The number of carbonyl (C=O) groups is 2. The van der Waals surface area contributed by atoms with Crippen molar-refractivity contribution in [2.24, 2.45) is 0 Å². The third-order valence-electron chi connectivity index (χ3n) is 4.23. The third kappa shape index (κ3) is 2.80. The quantitative estimate of drug-likeness (QED) is 0.837. The summed E-state index contributed by atoms with van der Waals surface area (Å²) < 4.78 is 10.9. The van der Waals surface area contributed by atoms with Crippen LogP contribution >= 0.6 is 0 Å². The van der Waals surface area contributed by atoms with Crippen molar-refractivity contribution in [1.82, 2.24) is 4.98 Å². The second kappa shape index (κ2) is 6.12. The van der Waals surface area contributed by atoms with Crippen LogP contribution in [-0.4, -0.2) is 42.5 Å². The van der Waals surface area contributed by atoms with Crippen LogP contribution in [-0.2, 0) is 33.5 Å². The summed E-state index contributed by atoms with van der Waals surface area (Å²) in [6.07, 6.45) is 2.84. The number of ketones is 2. The summed E-state index contributed by atoms with van der Waals surface area (Å²) in [5, 5.41) is 0. The lowest BCUT2D eigenvalue weighted by Crippen LogP contribution is -2.34. The summed E-state index contributed by atoms with van der Waals surface area (Å²) in [7, 11) is 0. The second-order valence-electron chi connectivity index (χ2n) is 5.62. The molecule has 3 rings (SSSR count). The first-order chi connectivity index (χ1) is 10.2. The van der Waals surface area contributed by atoms with Gasteiger partial charge in [-0.1, -0.05) is 0 Å². The highest BCUT2D eigenvalue weighted by Crippen LogP contribution is 2.31. The van der Waals surface area contributed by atoms with Gasteiger partial charge in [0.25, 0.3) is 0 Å². The van der Waals surface area contributed by atoms with Gasteiger partial charge in [-0.05, 0) is 25.3 Å². The van der Waals surface area contributed by atoms with E-state index < -0.39 is 6.10 Å². The van der Waals surface area contributed by atoms with Crippen LogP contribution in [0.5, 0.6) is 0 Å². The summed E-state index contributed by atoms with van der Waals surface area (Å²) in [5.74, 6) is 0.247. The minimum absolute atomic E-state index is 0.0687. The van der Waals surface area contributed by atoms with Crippen LogP contribution in [0.2, 0.25) is 0 Å². The Labute approximate surface area is 124 Å². The number of rotatable bonds is 5. The molecule has 0 saturated carbocycles. The van der Waals surface area contributed by atoms with Crippen molar-refractivity contribution in [1.29, 1.82) is 0 Å². The van der Waals surface area contributed by atoms with Crippen molar-refractivity contribution < 1.29 is 19.1 Å². The Morgan fingerprint density at radius 2 is 2.05 bits per heavy atom. The van der Waals surface area contributed by atoms with E-state index in [1.165, 1.54) is 0 Å². The first-order valence-electron chi connectivity index (χ1n) is 7.68. The molecule has 0 radical (unpaired) electrons. The van der Waals surface area contributed by atoms with Crippen molar-refractivity contribution in [3.8, 4) is 0 Å². The maximum atomic E-state index is 12.2. The molecule has 0 amide bonds. The number of carbonyl (C=O) groups excluding carboxylic acids is 2. The first-order valence-corrected chi connectivity index (χ1v) is 7.68. The molecule has 1 N–H and O–H groups in total. The summed E-state index contributed by atoms with van der Waals surface area (Å²) in [5.41, 5.74) is 3.73. The molecule has 21 heavy (non-hydrogen) atoms. The van der Waals surface area contributed by atoms with Gasteiger partial charge < -0.3 is 14.5 Å². The number of H-pyrrole nitrogens is 1. The molecule has 1 atom stereocenters. The average molecular weight is 291 g/mol. The van der Waals surface area contributed by atoms with Crippen LogP contribution < -0.4 is 0 Å². The Balaban J connectivity index is 1.73. The number of hydrogen-bond acceptors (Lipinski definition) is 4. The largest absolute Gasteiger partial charge is 0.379 e. The van der Waals surface area contributed by atoms with E-state index in [1.54, 1.807) is 0 Å². The summed E-state index contributed by atoms with van der Waals surface area (Å²) in [4.78, 5) is 27.6. The molecule has 2 aliphatic carbocycles. The van der Waals surface area contributed by atoms with E-state index in [1.807, 2.05) is 6.92 Å². The van der Waals surface area contributed by atoms with Crippen molar-refractivity contribution in [3.63, 3.8) is 0 Å². The summed E-state index contributed by atoms with van der Waals surface area (Å²) in [6.45, 7) is 3.52. The summed E-state index contributed by atoms with van der Waals surface area (Å²) >= 11 is 0. The Hall–Kier alpha value is -1.46. The van der Waals surface area contributed by atoms with Crippen molar-refractivity contribution >= 4 is 11.6 Å². The predicted octanol–water partition coefficient (Wildman–Crippen LogP) is 1.62.